The quantitative estimate of drug-likeness (QED) is 0.299. The van der Waals surface area contributed by atoms with E-state index in [4.69, 9.17) is 0 Å². The van der Waals surface area contributed by atoms with Gasteiger partial charge in [-0.25, -0.2) is 0 Å². The molecule has 1 fully saturated rings. The summed E-state index contributed by atoms with van der Waals surface area (Å²) in [5.74, 6) is 2.30. The Morgan fingerprint density at radius 1 is 0.818 bits per heavy atom. The van der Waals surface area contributed by atoms with Gasteiger partial charge in [0.05, 0.1) is 12.0 Å². The van der Waals surface area contributed by atoms with Crippen molar-refractivity contribution in [2.24, 2.45) is 11.8 Å². The van der Waals surface area contributed by atoms with Crippen molar-refractivity contribution in [2.45, 2.75) is 110 Å². The lowest BCUT2D eigenvalue weighted by Gasteiger charge is -2.29. The third-order valence-corrected chi connectivity index (χ3v) is 8.08. The molecular formula is C32H45N. The largest absolute Gasteiger partial charge is 0.198 e. The van der Waals surface area contributed by atoms with Crippen LogP contribution in [-0.4, -0.2) is 0 Å². The molecule has 0 aliphatic heterocycles. The smallest absolute Gasteiger partial charge is 0.0715 e. The van der Waals surface area contributed by atoms with E-state index in [0.717, 1.165) is 30.2 Å². The standard InChI is InChI=1S/C32H45N/c1-4-6-7-8-9-10-26-11-13-27(14-12-26)28-15-17-29(18-16-28)30-19-21-31(22-20-30)32(24-33)23-25(3)5-2/h15-22,25-27,32H,4-14,23H2,1-3H3. The Bertz CT molecular complexity index is 834. The van der Waals surface area contributed by atoms with E-state index < -0.39 is 0 Å². The van der Waals surface area contributed by atoms with E-state index in [1.807, 2.05) is 0 Å². The summed E-state index contributed by atoms with van der Waals surface area (Å²) in [4.78, 5) is 0. The maximum absolute atomic E-state index is 9.60. The van der Waals surface area contributed by atoms with Crippen molar-refractivity contribution in [2.75, 3.05) is 0 Å². The molecule has 0 spiro atoms. The zero-order valence-corrected chi connectivity index (χ0v) is 21.4. The van der Waals surface area contributed by atoms with E-state index in [2.05, 4.69) is 75.4 Å². The average Bonchev–Trinajstić information content (AvgIpc) is 2.87. The lowest BCUT2D eigenvalue weighted by Crippen LogP contribution is -2.13. The van der Waals surface area contributed by atoms with Crippen LogP contribution in [0.4, 0.5) is 0 Å². The molecule has 2 atom stereocenters. The van der Waals surface area contributed by atoms with Crippen molar-refractivity contribution in [3.8, 4) is 17.2 Å². The second-order valence-electron chi connectivity index (χ2n) is 10.6. The van der Waals surface area contributed by atoms with Gasteiger partial charge >= 0.3 is 0 Å². The van der Waals surface area contributed by atoms with E-state index in [-0.39, 0.29) is 5.92 Å². The molecule has 33 heavy (non-hydrogen) atoms. The van der Waals surface area contributed by atoms with Gasteiger partial charge in [0, 0.05) is 0 Å². The molecule has 1 nitrogen and oxygen atoms in total. The van der Waals surface area contributed by atoms with Gasteiger partial charge in [-0.2, -0.15) is 5.26 Å². The van der Waals surface area contributed by atoms with Crippen molar-refractivity contribution in [1.29, 1.82) is 5.26 Å². The lowest BCUT2D eigenvalue weighted by molar-refractivity contribution is 0.302. The predicted octanol–water partition coefficient (Wildman–Crippen LogP) is 10.0. The summed E-state index contributed by atoms with van der Waals surface area (Å²) < 4.78 is 0. The minimum atomic E-state index is 0.00263. The van der Waals surface area contributed by atoms with Gasteiger partial charge in [0.2, 0.25) is 0 Å². The van der Waals surface area contributed by atoms with E-state index in [1.54, 1.807) is 0 Å². The molecule has 0 aromatic heterocycles. The van der Waals surface area contributed by atoms with Crippen molar-refractivity contribution >= 4 is 0 Å². The van der Waals surface area contributed by atoms with Crippen molar-refractivity contribution in [3.63, 3.8) is 0 Å². The molecule has 0 N–H and O–H groups in total. The molecule has 0 radical (unpaired) electrons. The van der Waals surface area contributed by atoms with Crippen LogP contribution in [0.25, 0.3) is 11.1 Å². The Morgan fingerprint density at radius 2 is 1.42 bits per heavy atom. The monoisotopic (exact) mass is 443 g/mol. The fraction of sp³-hybridized carbons (Fsp3) is 0.594. The summed E-state index contributed by atoms with van der Waals surface area (Å²) in [7, 11) is 0. The first-order chi connectivity index (χ1) is 16.1. The molecule has 2 unspecified atom stereocenters. The molecule has 0 amide bonds. The van der Waals surface area contributed by atoms with Gasteiger partial charge in [-0.1, -0.05) is 114 Å². The second-order valence-corrected chi connectivity index (χ2v) is 10.6. The normalized spacial score (nSPS) is 20.2. The minimum Gasteiger partial charge on any atom is -0.198 e. The predicted molar refractivity (Wildman–Crippen MR) is 142 cm³/mol. The number of rotatable bonds is 12. The van der Waals surface area contributed by atoms with Crippen molar-refractivity contribution < 1.29 is 0 Å². The Hall–Kier alpha value is -2.07. The van der Waals surface area contributed by atoms with E-state index in [0.29, 0.717) is 5.92 Å². The summed E-state index contributed by atoms with van der Waals surface area (Å²) in [6.45, 7) is 6.73. The molecule has 0 bridgehead atoms. The van der Waals surface area contributed by atoms with E-state index >= 15 is 0 Å². The first-order valence-corrected chi connectivity index (χ1v) is 13.7. The molecule has 1 heteroatoms. The van der Waals surface area contributed by atoms with Crippen molar-refractivity contribution in [1.82, 2.24) is 0 Å². The Balaban J connectivity index is 1.51. The summed E-state index contributed by atoms with van der Waals surface area (Å²) in [5.41, 5.74) is 5.20. The van der Waals surface area contributed by atoms with Gasteiger partial charge in [-0.05, 0) is 72.1 Å². The highest BCUT2D eigenvalue weighted by Crippen LogP contribution is 2.38. The molecule has 0 saturated heterocycles. The summed E-state index contributed by atoms with van der Waals surface area (Å²) in [6.07, 6.45) is 16.1. The lowest BCUT2D eigenvalue weighted by atomic mass is 9.77. The highest BCUT2D eigenvalue weighted by atomic mass is 14.3. The number of nitrogens with zero attached hydrogens (tertiary/aromatic N) is 1. The van der Waals surface area contributed by atoms with Crippen LogP contribution in [0, 0.1) is 23.2 Å². The van der Waals surface area contributed by atoms with Crippen LogP contribution in [0.2, 0.25) is 0 Å². The Morgan fingerprint density at radius 3 is 2.00 bits per heavy atom. The third kappa shape index (κ3) is 7.74. The zero-order chi connectivity index (χ0) is 23.5. The average molecular weight is 444 g/mol. The first-order valence-electron chi connectivity index (χ1n) is 13.7. The number of unbranched alkanes of at least 4 members (excludes halogenated alkanes) is 4. The highest BCUT2D eigenvalue weighted by Gasteiger charge is 2.22. The van der Waals surface area contributed by atoms with Gasteiger partial charge in [-0.15, -0.1) is 0 Å². The maximum atomic E-state index is 9.60. The molecule has 1 aliphatic rings. The maximum Gasteiger partial charge on any atom is 0.0715 e. The molecule has 1 saturated carbocycles. The van der Waals surface area contributed by atoms with Gasteiger partial charge < -0.3 is 0 Å². The van der Waals surface area contributed by atoms with Crippen LogP contribution < -0.4 is 0 Å². The van der Waals surface area contributed by atoms with Crippen LogP contribution >= 0.6 is 0 Å². The molecule has 3 rings (SSSR count). The van der Waals surface area contributed by atoms with Gasteiger partial charge in [0.15, 0.2) is 0 Å². The number of nitriles is 1. The number of hydrogen-bond acceptors (Lipinski definition) is 1. The van der Waals surface area contributed by atoms with Crippen molar-refractivity contribution in [3.05, 3.63) is 59.7 Å². The van der Waals surface area contributed by atoms with Gasteiger partial charge in [0.25, 0.3) is 0 Å². The molecule has 2 aromatic carbocycles. The molecule has 178 valence electrons. The van der Waals surface area contributed by atoms with E-state index in [1.165, 1.54) is 80.9 Å². The molecule has 2 aromatic rings. The second kappa shape index (κ2) is 13.6. The topological polar surface area (TPSA) is 23.8 Å². The minimum absolute atomic E-state index is 0.00263. The van der Waals surface area contributed by atoms with E-state index in [9.17, 15) is 5.26 Å². The SMILES string of the molecule is CCCCCCCC1CCC(c2ccc(-c3ccc(C(C#N)CC(C)CC)cc3)cc2)CC1. The van der Waals surface area contributed by atoms with Crippen LogP contribution in [0.5, 0.6) is 0 Å². The molecule has 1 aliphatic carbocycles. The summed E-state index contributed by atoms with van der Waals surface area (Å²) in [5, 5.41) is 9.60. The fourth-order valence-electron chi connectivity index (χ4n) is 5.51. The van der Waals surface area contributed by atoms with Crippen LogP contribution in [0.15, 0.2) is 48.5 Å². The van der Waals surface area contributed by atoms with Crippen LogP contribution in [0.3, 0.4) is 0 Å². The zero-order valence-electron chi connectivity index (χ0n) is 21.4. The Labute approximate surface area is 203 Å². The van der Waals surface area contributed by atoms with Crippen LogP contribution in [-0.2, 0) is 0 Å². The number of benzene rings is 2. The molecular weight excluding hydrogens is 398 g/mol. The summed E-state index contributed by atoms with van der Waals surface area (Å²) >= 11 is 0. The third-order valence-electron chi connectivity index (χ3n) is 8.08. The number of hydrogen-bond donors (Lipinski definition) is 0. The highest BCUT2D eigenvalue weighted by molar-refractivity contribution is 5.64. The fourth-order valence-corrected chi connectivity index (χ4v) is 5.51. The van der Waals surface area contributed by atoms with Gasteiger partial charge in [-0.3, -0.25) is 0 Å². The van der Waals surface area contributed by atoms with Crippen LogP contribution in [0.1, 0.15) is 121 Å². The Kier molecular flexibility index (Phi) is 10.5. The van der Waals surface area contributed by atoms with Gasteiger partial charge in [0.1, 0.15) is 0 Å². The summed E-state index contributed by atoms with van der Waals surface area (Å²) in [6, 6.07) is 20.5. The first kappa shape index (κ1) is 25.6. The molecule has 0 heterocycles.